The number of nitrogens with one attached hydrogen (secondary N) is 1. The van der Waals surface area contributed by atoms with Gasteiger partial charge in [0.15, 0.2) is 5.13 Å². The third-order valence-electron chi connectivity index (χ3n) is 3.79. The number of benzene rings is 2. The normalized spacial score (nSPS) is 10.5. The smallest absolute Gasteiger partial charge is 0.187 e. The lowest BCUT2D eigenvalue weighted by molar-refractivity contribution is 1.37. The predicted molar refractivity (Wildman–Crippen MR) is 112 cm³/mol. The van der Waals surface area contributed by atoms with Crippen LogP contribution in [0.2, 0.25) is 5.02 Å². The van der Waals surface area contributed by atoms with Crippen molar-refractivity contribution in [1.29, 1.82) is 0 Å². The van der Waals surface area contributed by atoms with Gasteiger partial charge in [-0.1, -0.05) is 23.7 Å². The molecule has 4 nitrogen and oxygen atoms in total. The number of nitrogens with zero attached hydrogens (tertiary/aromatic N) is 3. The minimum absolute atomic E-state index is 0.667. The van der Waals surface area contributed by atoms with Gasteiger partial charge in [-0.05, 0) is 48.6 Å². The Hall–Kier alpha value is -2.63. The summed E-state index contributed by atoms with van der Waals surface area (Å²) >= 11 is 12.2. The molecule has 0 saturated carbocycles. The lowest BCUT2D eigenvalue weighted by Gasteiger charge is -2.07. The first kappa shape index (κ1) is 16.8. The van der Waals surface area contributed by atoms with Crippen molar-refractivity contribution in [2.45, 2.75) is 0 Å². The van der Waals surface area contributed by atoms with Crippen molar-refractivity contribution in [2.75, 3.05) is 5.32 Å². The lowest BCUT2D eigenvalue weighted by atomic mass is 10.1. The minimum atomic E-state index is 0.667. The number of halogens is 1. The van der Waals surface area contributed by atoms with E-state index >= 15 is 0 Å². The van der Waals surface area contributed by atoms with Crippen LogP contribution in [0.15, 0.2) is 65.1 Å². The van der Waals surface area contributed by atoms with Crippen molar-refractivity contribution in [3.63, 3.8) is 0 Å². The van der Waals surface area contributed by atoms with Gasteiger partial charge in [-0.3, -0.25) is 4.98 Å². The number of aliphatic imine (C=N–C) groups is 1. The molecule has 7 heteroatoms. The summed E-state index contributed by atoms with van der Waals surface area (Å²) in [6.45, 7) is 0. The second kappa shape index (κ2) is 7.32. The Morgan fingerprint density at radius 1 is 1.12 bits per heavy atom. The highest BCUT2D eigenvalue weighted by Crippen LogP contribution is 2.31. The quantitative estimate of drug-likeness (QED) is 0.317. The number of pyridine rings is 1. The molecule has 0 saturated heterocycles. The zero-order chi connectivity index (χ0) is 17.9. The van der Waals surface area contributed by atoms with Gasteiger partial charge in [-0.2, -0.15) is 4.99 Å². The molecule has 0 unspecified atom stereocenters. The first-order valence-corrected chi connectivity index (χ1v) is 9.35. The van der Waals surface area contributed by atoms with E-state index in [2.05, 4.69) is 37.7 Å². The predicted octanol–water partition coefficient (Wildman–Crippen LogP) is 6.49. The number of hydrogen-bond donors (Lipinski definition) is 1. The molecule has 2 heterocycles. The second-order valence-electron chi connectivity index (χ2n) is 5.43. The molecular formula is C19H11ClN4S2. The molecule has 0 amide bonds. The Morgan fingerprint density at radius 2 is 1.96 bits per heavy atom. The third kappa shape index (κ3) is 3.49. The van der Waals surface area contributed by atoms with E-state index in [4.69, 9.17) is 11.6 Å². The topological polar surface area (TPSA) is 50.2 Å². The van der Waals surface area contributed by atoms with Crippen LogP contribution in [0.1, 0.15) is 0 Å². The number of thiocarbonyl (C=S) groups is 1. The standard InChI is InChI=1S/C19H11ClN4S2/c20-13-3-6-15-16(7-8-21-17(15)9-13)23-19-24-18(10-26-19)12-1-4-14(5-2-12)22-11-25/h1-10H,(H,21,23,24). The number of fused-ring (bicyclic) bond motifs is 1. The fourth-order valence-corrected chi connectivity index (χ4v) is 3.57. The highest BCUT2D eigenvalue weighted by molar-refractivity contribution is 7.78. The van der Waals surface area contributed by atoms with E-state index in [0.717, 1.165) is 38.7 Å². The Bertz CT molecular complexity index is 1130. The van der Waals surface area contributed by atoms with Gasteiger partial charge in [0, 0.05) is 27.5 Å². The Balaban J connectivity index is 1.62. The molecular weight excluding hydrogens is 384 g/mol. The van der Waals surface area contributed by atoms with E-state index < -0.39 is 0 Å². The first-order valence-electron chi connectivity index (χ1n) is 7.68. The molecule has 0 bridgehead atoms. The van der Waals surface area contributed by atoms with Crippen LogP contribution in [0.5, 0.6) is 0 Å². The maximum Gasteiger partial charge on any atom is 0.187 e. The molecule has 2 aromatic heterocycles. The average molecular weight is 395 g/mol. The zero-order valence-electron chi connectivity index (χ0n) is 13.3. The van der Waals surface area contributed by atoms with E-state index in [1.54, 1.807) is 17.5 Å². The summed E-state index contributed by atoms with van der Waals surface area (Å²) in [6.07, 6.45) is 1.75. The highest BCUT2D eigenvalue weighted by Gasteiger charge is 2.08. The summed E-state index contributed by atoms with van der Waals surface area (Å²) in [5.41, 5.74) is 4.48. The second-order valence-corrected chi connectivity index (χ2v) is 6.91. The van der Waals surface area contributed by atoms with Gasteiger partial charge in [0.05, 0.1) is 27.7 Å². The molecule has 1 N–H and O–H groups in total. The van der Waals surface area contributed by atoms with Crippen LogP contribution in [0, 0.1) is 0 Å². The summed E-state index contributed by atoms with van der Waals surface area (Å²) in [5.74, 6) is 0. The van der Waals surface area contributed by atoms with E-state index in [9.17, 15) is 0 Å². The van der Waals surface area contributed by atoms with Crippen LogP contribution in [0.3, 0.4) is 0 Å². The number of anilines is 2. The molecule has 0 aliphatic carbocycles. The van der Waals surface area contributed by atoms with Crippen molar-refractivity contribution in [1.82, 2.24) is 9.97 Å². The number of isothiocyanates is 1. The van der Waals surface area contributed by atoms with Gasteiger partial charge in [-0.25, -0.2) is 4.98 Å². The maximum atomic E-state index is 6.05. The lowest BCUT2D eigenvalue weighted by Crippen LogP contribution is -1.92. The molecule has 0 atom stereocenters. The van der Waals surface area contributed by atoms with Gasteiger partial charge in [0.25, 0.3) is 0 Å². The molecule has 0 radical (unpaired) electrons. The van der Waals surface area contributed by atoms with Crippen LogP contribution in [-0.2, 0) is 0 Å². The SMILES string of the molecule is S=C=Nc1ccc(-c2csc(Nc3ccnc4cc(Cl)ccc34)n2)cc1. The number of hydrogen-bond acceptors (Lipinski definition) is 6. The number of thiazole rings is 1. The van der Waals surface area contributed by atoms with Crippen molar-refractivity contribution in [2.24, 2.45) is 4.99 Å². The third-order valence-corrected chi connectivity index (χ3v) is 4.87. The van der Waals surface area contributed by atoms with Gasteiger partial charge in [0.2, 0.25) is 0 Å². The zero-order valence-corrected chi connectivity index (χ0v) is 15.7. The van der Waals surface area contributed by atoms with Crippen molar-refractivity contribution < 1.29 is 0 Å². The molecule has 2 aromatic carbocycles. The summed E-state index contributed by atoms with van der Waals surface area (Å²) < 4.78 is 0. The van der Waals surface area contributed by atoms with Crippen molar-refractivity contribution >= 4 is 67.7 Å². The summed E-state index contributed by atoms with van der Waals surface area (Å²) in [6, 6.07) is 15.3. The maximum absolute atomic E-state index is 6.05. The van der Waals surface area contributed by atoms with Crippen LogP contribution >= 0.6 is 35.2 Å². The van der Waals surface area contributed by atoms with Gasteiger partial charge >= 0.3 is 0 Å². The van der Waals surface area contributed by atoms with Crippen LogP contribution in [0.25, 0.3) is 22.2 Å². The van der Waals surface area contributed by atoms with Gasteiger partial charge in [-0.15, -0.1) is 11.3 Å². The van der Waals surface area contributed by atoms with Crippen LogP contribution in [0.4, 0.5) is 16.5 Å². The molecule has 0 spiro atoms. The Morgan fingerprint density at radius 3 is 2.77 bits per heavy atom. The fourth-order valence-electron chi connectivity index (χ4n) is 2.57. The summed E-state index contributed by atoms with van der Waals surface area (Å²) in [7, 11) is 0. The van der Waals surface area contributed by atoms with E-state index in [-0.39, 0.29) is 0 Å². The molecule has 4 rings (SSSR count). The first-order chi connectivity index (χ1) is 12.7. The van der Waals surface area contributed by atoms with Crippen LogP contribution in [-0.4, -0.2) is 15.1 Å². The number of rotatable bonds is 4. The van der Waals surface area contributed by atoms with E-state index in [1.807, 2.05) is 53.9 Å². The highest BCUT2D eigenvalue weighted by atomic mass is 35.5. The van der Waals surface area contributed by atoms with E-state index in [0.29, 0.717) is 5.02 Å². The molecule has 26 heavy (non-hydrogen) atoms. The Labute approximate surface area is 164 Å². The summed E-state index contributed by atoms with van der Waals surface area (Å²) in [4.78, 5) is 13.0. The molecule has 0 aliphatic rings. The van der Waals surface area contributed by atoms with Gasteiger partial charge in [0.1, 0.15) is 0 Å². The average Bonchev–Trinajstić information content (AvgIpc) is 3.11. The molecule has 4 aromatic rings. The Kier molecular flexibility index (Phi) is 4.73. The minimum Gasteiger partial charge on any atom is -0.331 e. The van der Waals surface area contributed by atoms with Gasteiger partial charge < -0.3 is 5.32 Å². The molecule has 126 valence electrons. The van der Waals surface area contributed by atoms with Crippen LogP contribution < -0.4 is 5.32 Å². The number of aromatic nitrogens is 2. The molecule has 0 fully saturated rings. The summed E-state index contributed by atoms with van der Waals surface area (Å²) in [5, 5.41) is 10.2. The van der Waals surface area contributed by atoms with Crippen molar-refractivity contribution in [3.8, 4) is 11.3 Å². The molecule has 0 aliphatic heterocycles. The van der Waals surface area contributed by atoms with E-state index in [1.165, 1.54) is 0 Å². The monoisotopic (exact) mass is 394 g/mol. The largest absolute Gasteiger partial charge is 0.331 e. The fraction of sp³-hybridized carbons (Fsp3) is 0. The van der Waals surface area contributed by atoms with Crippen molar-refractivity contribution in [3.05, 3.63) is 65.1 Å².